The molecule has 2 N–H and O–H groups in total. The van der Waals surface area contributed by atoms with Crippen LogP contribution in [0.2, 0.25) is 0 Å². The summed E-state index contributed by atoms with van der Waals surface area (Å²) >= 11 is 0. The van der Waals surface area contributed by atoms with Crippen molar-refractivity contribution in [3.05, 3.63) is 5.82 Å². The first-order valence-electron chi connectivity index (χ1n) is 4.00. The normalized spacial score (nSPS) is 10.2. The van der Waals surface area contributed by atoms with Gasteiger partial charge >= 0.3 is 6.01 Å². The SMILES string of the molecule is CCOc1nc(CCN)n(C)n1. The van der Waals surface area contributed by atoms with Gasteiger partial charge in [-0.15, -0.1) is 5.10 Å². The third-order valence-electron chi connectivity index (χ3n) is 1.48. The summed E-state index contributed by atoms with van der Waals surface area (Å²) in [6.45, 7) is 3.07. The van der Waals surface area contributed by atoms with Crippen LogP contribution in [0.3, 0.4) is 0 Å². The molecule has 1 aromatic rings. The van der Waals surface area contributed by atoms with Gasteiger partial charge in [0.1, 0.15) is 5.82 Å². The van der Waals surface area contributed by atoms with Gasteiger partial charge in [-0.1, -0.05) is 0 Å². The van der Waals surface area contributed by atoms with Gasteiger partial charge in [0.2, 0.25) is 0 Å². The molecule has 0 spiro atoms. The molecule has 68 valence electrons. The molecule has 0 aliphatic carbocycles. The molecule has 0 aliphatic rings. The van der Waals surface area contributed by atoms with Crippen molar-refractivity contribution < 1.29 is 4.74 Å². The standard InChI is InChI=1S/C7H14N4O/c1-3-12-7-9-6(4-5-8)11(2)10-7/h3-5,8H2,1-2H3. The molecule has 1 heterocycles. The minimum atomic E-state index is 0.434. The van der Waals surface area contributed by atoms with E-state index in [1.54, 1.807) is 4.68 Å². The molecular weight excluding hydrogens is 156 g/mol. The lowest BCUT2D eigenvalue weighted by Gasteiger charge is -1.93. The second kappa shape index (κ2) is 4.06. The Bertz CT molecular complexity index is 246. The van der Waals surface area contributed by atoms with E-state index in [0.29, 0.717) is 19.2 Å². The molecule has 12 heavy (non-hydrogen) atoms. The number of aryl methyl sites for hydroxylation is 1. The molecule has 0 saturated carbocycles. The van der Waals surface area contributed by atoms with Gasteiger partial charge in [-0.2, -0.15) is 4.98 Å². The van der Waals surface area contributed by atoms with Gasteiger partial charge in [-0.25, -0.2) is 4.68 Å². The minimum Gasteiger partial charge on any atom is -0.463 e. The second-order valence-electron chi connectivity index (χ2n) is 2.41. The van der Waals surface area contributed by atoms with Gasteiger partial charge in [-0.05, 0) is 13.5 Å². The number of rotatable bonds is 4. The Kier molecular flexibility index (Phi) is 3.04. The summed E-state index contributed by atoms with van der Waals surface area (Å²) in [5.74, 6) is 0.862. The first-order chi connectivity index (χ1) is 5.77. The van der Waals surface area contributed by atoms with E-state index < -0.39 is 0 Å². The number of hydrogen-bond donors (Lipinski definition) is 1. The highest BCUT2D eigenvalue weighted by molar-refractivity contribution is 4.97. The fourth-order valence-electron chi connectivity index (χ4n) is 0.928. The molecule has 5 nitrogen and oxygen atoms in total. The van der Waals surface area contributed by atoms with Crippen molar-refractivity contribution in [3.8, 4) is 6.01 Å². The topological polar surface area (TPSA) is 66.0 Å². The van der Waals surface area contributed by atoms with Gasteiger partial charge in [0.05, 0.1) is 6.61 Å². The predicted molar refractivity (Wildman–Crippen MR) is 44.9 cm³/mol. The summed E-state index contributed by atoms with van der Waals surface area (Å²) in [7, 11) is 1.83. The highest BCUT2D eigenvalue weighted by atomic mass is 16.5. The molecule has 0 fully saturated rings. The number of ether oxygens (including phenoxy) is 1. The zero-order valence-corrected chi connectivity index (χ0v) is 7.45. The summed E-state index contributed by atoms with van der Waals surface area (Å²) < 4.78 is 6.82. The second-order valence-corrected chi connectivity index (χ2v) is 2.41. The number of hydrogen-bond acceptors (Lipinski definition) is 4. The summed E-state index contributed by atoms with van der Waals surface area (Å²) in [6, 6.07) is 0.434. The Morgan fingerprint density at radius 3 is 2.92 bits per heavy atom. The highest BCUT2D eigenvalue weighted by Crippen LogP contribution is 2.03. The van der Waals surface area contributed by atoms with Crippen LogP contribution in [0.4, 0.5) is 0 Å². The molecule has 0 atom stereocenters. The van der Waals surface area contributed by atoms with E-state index in [1.807, 2.05) is 14.0 Å². The summed E-state index contributed by atoms with van der Waals surface area (Å²) in [5.41, 5.74) is 5.39. The van der Waals surface area contributed by atoms with E-state index in [2.05, 4.69) is 10.1 Å². The van der Waals surface area contributed by atoms with E-state index in [-0.39, 0.29) is 0 Å². The van der Waals surface area contributed by atoms with Crippen LogP contribution < -0.4 is 10.5 Å². The molecule has 0 aromatic carbocycles. The largest absolute Gasteiger partial charge is 0.463 e. The van der Waals surface area contributed by atoms with Crippen molar-refractivity contribution in [2.24, 2.45) is 12.8 Å². The Hall–Kier alpha value is -1.10. The average Bonchev–Trinajstić information content (AvgIpc) is 2.34. The molecule has 0 amide bonds. The number of nitrogens with two attached hydrogens (primary N) is 1. The molecule has 0 radical (unpaired) electrons. The maximum absolute atomic E-state index is 5.39. The summed E-state index contributed by atoms with van der Waals surface area (Å²) in [6.07, 6.45) is 0.733. The monoisotopic (exact) mass is 170 g/mol. The van der Waals surface area contributed by atoms with Gasteiger partial charge in [-0.3, -0.25) is 0 Å². The Morgan fingerprint density at radius 2 is 2.33 bits per heavy atom. The van der Waals surface area contributed by atoms with E-state index in [9.17, 15) is 0 Å². The van der Waals surface area contributed by atoms with E-state index in [0.717, 1.165) is 12.2 Å². The molecule has 0 saturated heterocycles. The zero-order chi connectivity index (χ0) is 8.97. The van der Waals surface area contributed by atoms with Gasteiger partial charge in [0, 0.05) is 13.5 Å². The van der Waals surface area contributed by atoms with E-state index >= 15 is 0 Å². The number of aromatic nitrogens is 3. The van der Waals surface area contributed by atoms with Crippen molar-refractivity contribution in [2.75, 3.05) is 13.2 Å². The Morgan fingerprint density at radius 1 is 1.58 bits per heavy atom. The first kappa shape index (κ1) is 8.99. The zero-order valence-electron chi connectivity index (χ0n) is 7.45. The van der Waals surface area contributed by atoms with Crippen molar-refractivity contribution in [2.45, 2.75) is 13.3 Å². The molecule has 0 bridgehead atoms. The maximum atomic E-state index is 5.39. The lowest BCUT2D eigenvalue weighted by atomic mass is 10.4. The van der Waals surface area contributed by atoms with Crippen molar-refractivity contribution >= 4 is 0 Å². The van der Waals surface area contributed by atoms with Crippen LogP contribution in [0, 0.1) is 0 Å². The third kappa shape index (κ3) is 1.94. The van der Waals surface area contributed by atoms with Crippen molar-refractivity contribution in [1.82, 2.24) is 14.8 Å². The fraction of sp³-hybridized carbons (Fsp3) is 0.714. The third-order valence-corrected chi connectivity index (χ3v) is 1.48. The van der Waals surface area contributed by atoms with Crippen LogP contribution in [0.1, 0.15) is 12.7 Å². The minimum absolute atomic E-state index is 0.434. The van der Waals surface area contributed by atoms with Crippen LogP contribution in [0.15, 0.2) is 0 Å². The van der Waals surface area contributed by atoms with Gasteiger partial charge < -0.3 is 10.5 Å². The smallest absolute Gasteiger partial charge is 0.335 e. The van der Waals surface area contributed by atoms with Crippen LogP contribution in [0.5, 0.6) is 6.01 Å². The van der Waals surface area contributed by atoms with Gasteiger partial charge in [0.15, 0.2) is 0 Å². The van der Waals surface area contributed by atoms with E-state index in [4.69, 9.17) is 10.5 Å². The van der Waals surface area contributed by atoms with Crippen LogP contribution >= 0.6 is 0 Å². The molecular formula is C7H14N4O. The summed E-state index contributed by atoms with van der Waals surface area (Å²) in [4.78, 5) is 4.14. The highest BCUT2D eigenvalue weighted by Gasteiger charge is 2.05. The molecule has 1 aromatic heterocycles. The molecule has 0 unspecified atom stereocenters. The van der Waals surface area contributed by atoms with Gasteiger partial charge in [0.25, 0.3) is 0 Å². The Balaban J connectivity index is 2.70. The van der Waals surface area contributed by atoms with Crippen molar-refractivity contribution in [1.29, 1.82) is 0 Å². The Labute approximate surface area is 71.5 Å². The predicted octanol–water partition coefficient (Wildman–Crippen LogP) is -0.285. The molecule has 1 rings (SSSR count). The fourth-order valence-corrected chi connectivity index (χ4v) is 0.928. The molecule has 0 aliphatic heterocycles. The van der Waals surface area contributed by atoms with Crippen LogP contribution in [-0.2, 0) is 13.5 Å². The molecule has 5 heteroatoms. The lowest BCUT2D eigenvalue weighted by Crippen LogP contribution is -2.08. The van der Waals surface area contributed by atoms with Crippen molar-refractivity contribution in [3.63, 3.8) is 0 Å². The lowest BCUT2D eigenvalue weighted by molar-refractivity contribution is 0.311. The average molecular weight is 170 g/mol. The van der Waals surface area contributed by atoms with E-state index in [1.165, 1.54) is 0 Å². The maximum Gasteiger partial charge on any atom is 0.335 e. The summed E-state index contributed by atoms with van der Waals surface area (Å²) in [5, 5.41) is 4.05. The number of nitrogens with zero attached hydrogens (tertiary/aromatic N) is 3. The van der Waals surface area contributed by atoms with Crippen LogP contribution in [-0.4, -0.2) is 27.9 Å². The first-order valence-corrected chi connectivity index (χ1v) is 4.00. The quantitative estimate of drug-likeness (QED) is 0.674. The van der Waals surface area contributed by atoms with Crippen LogP contribution in [0.25, 0.3) is 0 Å².